The van der Waals surface area contributed by atoms with Gasteiger partial charge < -0.3 is 14.6 Å². The van der Waals surface area contributed by atoms with Crippen molar-refractivity contribution >= 4 is 5.91 Å². The van der Waals surface area contributed by atoms with E-state index < -0.39 is 0 Å². The first kappa shape index (κ1) is 16.6. The number of aromatic nitrogens is 5. The van der Waals surface area contributed by atoms with Crippen LogP contribution in [-0.4, -0.2) is 38.3 Å². The number of benzene rings is 1. The van der Waals surface area contributed by atoms with Crippen molar-refractivity contribution in [1.29, 1.82) is 0 Å². The van der Waals surface area contributed by atoms with Crippen LogP contribution >= 0.6 is 0 Å². The van der Waals surface area contributed by atoms with Crippen LogP contribution in [0.15, 0.2) is 29.0 Å². The molecule has 3 aromatic rings. The van der Waals surface area contributed by atoms with Gasteiger partial charge in [0.1, 0.15) is 12.1 Å². The number of carbonyl (C=O) groups excluding carboxylic acids is 1. The molecule has 3 rings (SSSR count). The summed E-state index contributed by atoms with van der Waals surface area (Å²) in [5.74, 6) is 1.82. The van der Waals surface area contributed by atoms with Crippen molar-refractivity contribution < 1.29 is 14.1 Å². The van der Waals surface area contributed by atoms with Gasteiger partial charge in [0.05, 0.1) is 7.11 Å². The van der Waals surface area contributed by atoms with E-state index in [0.717, 1.165) is 16.9 Å². The highest BCUT2D eigenvalue weighted by Gasteiger charge is 2.12. The summed E-state index contributed by atoms with van der Waals surface area (Å²) in [6.45, 7) is 2.40. The predicted octanol–water partition coefficient (Wildman–Crippen LogP) is 1.42. The first-order valence-corrected chi connectivity index (χ1v) is 7.74. The van der Waals surface area contributed by atoms with Crippen LogP contribution in [0.5, 0.6) is 5.75 Å². The summed E-state index contributed by atoms with van der Waals surface area (Å²) in [6.07, 6.45) is 1.96. The molecule has 0 bridgehead atoms. The molecule has 2 heterocycles. The molecule has 0 aliphatic heterocycles. The lowest BCUT2D eigenvalue weighted by Crippen LogP contribution is -2.23. The molecular weight excluding hydrogens is 324 g/mol. The van der Waals surface area contributed by atoms with Crippen molar-refractivity contribution in [1.82, 2.24) is 30.6 Å². The molecule has 0 atom stereocenters. The Morgan fingerprint density at radius 2 is 2.28 bits per heavy atom. The van der Waals surface area contributed by atoms with Gasteiger partial charge in [0.25, 0.3) is 0 Å². The van der Waals surface area contributed by atoms with Gasteiger partial charge in [-0.3, -0.25) is 9.89 Å². The number of aromatic amines is 1. The van der Waals surface area contributed by atoms with Crippen molar-refractivity contribution in [3.63, 3.8) is 0 Å². The van der Waals surface area contributed by atoms with E-state index in [1.165, 1.54) is 6.33 Å². The number of methoxy groups -OCH3 is 1. The Hall–Kier alpha value is -3.23. The van der Waals surface area contributed by atoms with Crippen LogP contribution < -0.4 is 10.1 Å². The molecule has 0 saturated carbocycles. The van der Waals surface area contributed by atoms with Crippen LogP contribution in [0.3, 0.4) is 0 Å². The van der Waals surface area contributed by atoms with Gasteiger partial charge in [-0.25, -0.2) is 4.98 Å². The first-order valence-electron chi connectivity index (χ1n) is 7.74. The molecule has 1 amide bonds. The molecule has 2 N–H and O–H groups in total. The number of carbonyl (C=O) groups is 1. The quantitative estimate of drug-likeness (QED) is 0.666. The first-order chi connectivity index (χ1) is 12.2. The average molecular weight is 342 g/mol. The number of amides is 1. The van der Waals surface area contributed by atoms with Crippen LogP contribution in [0.2, 0.25) is 0 Å². The fourth-order valence-electron chi connectivity index (χ4n) is 2.25. The molecule has 0 radical (unpaired) electrons. The SMILES string of the molecule is COc1cc(CNC(=O)CCc2nc(-c3ncn[nH]3)no2)ccc1C. The van der Waals surface area contributed by atoms with Crippen LogP contribution in [0.4, 0.5) is 0 Å². The van der Waals surface area contributed by atoms with Gasteiger partial charge in [0.2, 0.25) is 17.6 Å². The lowest BCUT2D eigenvalue weighted by Gasteiger charge is -2.08. The van der Waals surface area contributed by atoms with Crippen LogP contribution in [0, 0.1) is 6.92 Å². The van der Waals surface area contributed by atoms with Gasteiger partial charge in [0.15, 0.2) is 5.82 Å². The third-order valence-electron chi connectivity index (χ3n) is 3.62. The number of nitrogens with one attached hydrogen (secondary N) is 2. The third-order valence-corrected chi connectivity index (χ3v) is 3.62. The maximum Gasteiger partial charge on any atom is 0.239 e. The average Bonchev–Trinajstić information content (AvgIpc) is 3.30. The van der Waals surface area contributed by atoms with Crippen molar-refractivity contribution in [2.45, 2.75) is 26.3 Å². The zero-order valence-electron chi connectivity index (χ0n) is 13.9. The Labute approximate surface area is 143 Å². The number of ether oxygens (including phenoxy) is 1. The molecule has 0 aliphatic carbocycles. The van der Waals surface area contributed by atoms with Crippen molar-refractivity contribution in [2.75, 3.05) is 7.11 Å². The molecule has 0 saturated heterocycles. The number of nitrogens with zero attached hydrogens (tertiary/aromatic N) is 4. The van der Waals surface area contributed by atoms with E-state index in [-0.39, 0.29) is 12.3 Å². The molecule has 9 nitrogen and oxygen atoms in total. The minimum Gasteiger partial charge on any atom is -0.496 e. The van der Waals surface area contributed by atoms with Crippen LogP contribution in [-0.2, 0) is 17.8 Å². The largest absolute Gasteiger partial charge is 0.496 e. The van der Waals surface area contributed by atoms with Gasteiger partial charge in [0, 0.05) is 19.4 Å². The second-order valence-electron chi connectivity index (χ2n) is 5.43. The Balaban J connectivity index is 1.48. The van der Waals surface area contributed by atoms with Gasteiger partial charge in [-0.1, -0.05) is 17.3 Å². The van der Waals surface area contributed by atoms with E-state index in [1.807, 2.05) is 25.1 Å². The topological polar surface area (TPSA) is 119 Å². The van der Waals surface area contributed by atoms with E-state index >= 15 is 0 Å². The summed E-state index contributed by atoms with van der Waals surface area (Å²) in [5.41, 5.74) is 2.03. The van der Waals surface area contributed by atoms with Gasteiger partial charge in [-0.15, -0.1) is 0 Å². The summed E-state index contributed by atoms with van der Waals surface area (Å²) in [4.78, 5) is 20.1. The standard InChI is InChI=1S/C16H18N6O3/c1-10-3-4-11(7-12(10)24-2)8-17-13(23)5-6-14-20-16(22-25-14)15-18-9-19-21-15/h3-4,7,9H,5-6,8H2,1-2H3,(H,17,23)(H,18,19,21). The highest BCUT2D eigenvalue weighted by molar-refractivity contribution is 5.76. The lowest BCUT2D eigenvalue weighted by molar-refractivity contribution is -0.121. The summed E-state index contributed by atoms with van der Waals surface area (Å²) in [7, 11) is 1.63. The second kappa shape index (κ2) is 7.56. The van der Waals surface area contributed by atoms with Crippen LogP contribution in [0.1, 0.15) is 23.4 Å². The number of hydrogen-bond acceptors (Lipinski definition) is 7. The monoisotopic (exact) mass is 342 g/mol. The van der Waals surface area contributed by atoms with Gasteiger partial charge >= 0.3 is 0 Å². The van der Waals surface area contributed by atoms with E-state index in [4.69, 9.17) is 9.26 Å². The number of rotatable bonds is 7. The highest BCUT2D eigenvalue weighted by Crippen LogP contribution is 2.18. The summed E-state index contributed by atoms with van der Waals surface area (Å²) in [6, 6.07) is 5.83. The minimum absolute atomic E-state index is 0.0982. The highest BCUT2D eigenvalue weighted by atomic mass is 16.5. The number of hydrogen-bond donors (Lipinski definition) is 2. The Kier molecular flexibility index (Phi) is 5.03. The fourth-order valence-corrected chi connectivity index (χ4v) is 2.25. The lowest BCUT2D eigenvalue weighted by atomic mass is 10.1. The molecule has 130 valence electrons. The molecule has 2 aromatic heterocycles. The van der Waals surface area contributed by atoms with Crippen molar-refractivity contribution in [3.05, 3.63) is 41.5 Å². The van der Waals surface area contributed by atoms with E-state index in [0.29, 0.717) is 30.5 Å². The zero-order chi connectivity index (χ0) is 17.6. The minimum atomic E-state index is -0.0982. The Morgan fingerprint density at radius 1 is 1.40 bits per heavy atom. The predicted molar refractivity (Wildman–Crippen MR) is 87.6 cm³/mol. The molecule has 1 aromatic carbocycles. The van der Waals surface area contributed by atoms with Crippen LogP contribution in [0.25, 0.3) is 11.6 Å². The maximum atomic E-state index is 12.0. The van der Waals surface area contributed by atoms with Crippen molar-refractivity contribution in [3.8, 4) is 17.4 Å². The smallest absolute Gasteiger partial charge is 0.239 e. The Morgan fingerprint density at radius 3 is 3.04 bits per heavy atom. The molecule has 0 spiro atoms. The maximum absolute atomic E-state index is 12.0. The molecule has 0 unspecified atom stereocenters. The van der Waals surface area contributed by atoms with Gasteiger partial charge in [-0.2, -0.15) is 10.1 Å². The number of H-pyrrole nitrogens is 1. The molecule has 0 aliphatic rings. The molecule has 25 heavy (non-hydrogen) atoms. The van der Waals surface area contributed by atoms with E-state index in [1.54, 1.807) is 7.11 Å². The number of aryl methyl sites for hydroxylation is 2. The zero-order valence-corrected chi connectivity index (χ0v) is 13.9. The normalized spacial score (nSPS) is 10.6. The molecule has 0 fully saturated rings. The summed E-state index contributed by atoms with van der Waals surface area (Å²) < 4.78 is 10.4. The molecule has 9 heteroatoms. The van der Waals surface area contributed by atoms with E-state index in [9.17, 15) is 4.79 Å². The summed E-state index contributed by atoms with van der Waals surface area (Å²) in [5, 5.41) is 13.0. The fraction of sp³-hybridized carbons (Fsp3) is 0.312. The third kappa shape index (κ3) is 4.19. The van der Waals surface area contributed by atoms with E-state index in [2.05, 4.69) is 30.6 Å². The second-order valence-corrected chi connectivity index (χ2v) is 5.43. The summed E-state index contributed by atoms with van der Waals surface area (Å²) >= 11 is 0. The Bertz CT molecular complexity index is 843. The van der Waals surface area contributed by atoms with Gasteiger partial charge in [-0.05, 0) is 24.1 Å². The van der Waals surface area contributed by atoms with Crippen molar-refractivity contribution in [2.24, 2.45) is 0 Å². The molecular formula is C16H18N6O3.